The predicted octanol–water partition coefficient (Wildman–Crippen LogP) is 1.18. The first-order valence-electron chi connectivity index (χ1n) is 3.97. The highest BCUT2D eigenvalue weighted by molar-refractivity contribution is 7.08. The molecule has 0 aliphatic rings. The van der Waals surface area contributed by atoms with Crippen molar-refractivity contribution in [2.45, 2.75) is 6.10 Å². The molecule has 4 nitrogen and oxygen atoms in total. The molecule has 14 heavy (non-hydrogen) atoms. The number of aliphatic hydroxyl groups excluding tert-OH is 1. The predicted molar refractivity (Wildman–Crippen MR) is 51.2 cm³/mol. The fraction of sp³-hybridized carbons (Fsp3) is 0.111. The second kappa shape index (κ2) is 3.73. The zero-order valence-electron chi connectivity index (χ0n) is 7.08. The van der Waals surface area contributed by atoms with Gasteiger partial charge < -0.3 is 9.63 Å². The summed E-state index contributed by atoms with van der Waals surface area (Å²) in [5.74, 6) is 0. The lowest BCUT2D eigenvalue weighted by atomic mass is 10.1. The topological polar surface area (TPSA) is 63.3 Å². The van der Waals surface area contributed by atoms with Crippen molar-refractivity contribution in [2.24, 2.45) is 0 Å². The summed E-state index contributed by atoms with van der Waals surface area (Å²) < 4.78 is 4.36. The van der Waals surface area contributed by atoms with E-state index in [4.69, 9.17) is 0 Å². The molecule has 1 unspecified atom stereocenters. The van der Waals surface area contributed by atoms with Crippen LogP contribution in [0, 0.1) is 0 Å². The molecule has 0 aliphatic heterocycles. The Bertz CT molecular complexity index is 462. The first kappa shape index (κ1) is 9.11. The summed E-state index contributed by atoms with van der Waals surface area (Å²) in [6.07, 6.45) is -0.882. The molecule has 0 bridgehead atoms. The van der Waals surface area contributed by atoms with Crippen molar-refractivity contribution in [3.8, 4) is 0 Å². The van der Waals surface area contributed by atoms with Crippen molar-refractivity contribution in [3.05, 3.63) is 50.6 Å². The molecular weight excluding hydrogens is 202 g/mol. The van der Waals surface area contributed by atoms with Crippen LogP contribution in [0.2, 0.25) is 0 Å². The monoisotopic (exact) mass is 209 g/mol. The molecule has 1 aromatic heterocycles. The third-order valence-electron chi connectivity index (χ3n) is 1.75. The summed E-state index contributed by atoms with van der Waals surface area (Å²) in [6, 6.07) is 8.98. The number of rotatable bonds is 2. The van der Waals surface area contributed by atoms with Crippen molar-refractivity contribution in [3.63, 3.8) is 0 Å². The van der Waals surface area contributed by atoms with Gasteiger partial charge in [0.05, 0.1) is 0 Å². The second-order valence-electron chi connectivity index (χ2n) is 2.69. The smallest absolute Gasteiger partial charge is 0.381 e. The molecule has 2 aromatic rings. The van der Waals surface area contributed by atoms with Gasteiger partial charge in [-0.2, -0.15) is 0 Å². The van der Waals surface area contributed by atoms with E-state index in [1.165, 1.54) is 0 Å². The van der Waals surface area contributed by atoms with Crippen LogP contribution in [-0.4, -0.2) is 10.3 Å². The second-order valence-corrected chi connectivity index (χ2v) is 3.64. The number of benzene rings is 1. The number of hydrogen-bond donors (Lipinski definition) is 1. The molecule has 2 rings (SSSR count). The SMILES string of the molecule is O=c1onc(C(O)c2ccccc2)s1. The van der Waals surface area contributed by atoms with Gasteiger partial charge >= 0.3 is 4.94 Å². The maximum Gasteiger partial charge on any atom is 0.417 e. The van der Waals surface area contributed by atoms with Crippen LogP contribution in [0.3, 0.4) is 0 Å². The Labute approximate surface area is 83.4 Å². The maximum absolute atomic E-state index is 10.7. The summed E-state index contributed by atoms with van der Waals surface area (Å²) in [5, 5.41) is 13.5. The number of hydrogen-bond acceptors (Lipinski definition) is 5. The van der Waals surface area contributed by atoms with E-state index in [1.807, 2.05) is 6.07 Å². The summed E-state index contributed by atoms with van der Waals surface area (Å²) in [4.78, 5) is 10.2. The lowest BCUT2D eigenvalue weighted by Gasteiger charge is -2.04. The minimum absolute atomic E-state index is 0.279. The van der Waals surface area contributed by atoms with Crippen LogP contribution >= 0.6 is 11.3 Å². The largest absolute Gasteiger partial charge is 0.417 e. The molecular formula is C9H7NO3S. The van der Waals surface area contributed by atoms with Crippen molar-refractivity contribution < 1.29 is 9.63 Å². The van der Waals surface area contributed by atoms with Gasteiger partial charge in [0.2, 0.25) is 0 Å². The van der Waals surface area contributed by atoms with Gasteiger partial charge in [-0.25, -0.2) is 4.79 Å². The van der Waals surface area contributed by atoms with Gasteiger partial charge in [-0.3, -0.25) is 0 Å². The Hall–Kier alpha value is -1.46. The highest BCUT2D eigenvalue weighted by atomic mass is 32.1. The summed E-state index contributed by atoms with van der Waals surface area (Å²) in [7, 11) is 0. The molecule has 1 heterocycles. The standard InChI is InChI=1S/C9H7NO3S/c11-7(6-4-2-1-3-5-6)8-10-13-9(12)14-8/h1-5,7,11H. The van der Waals surface area contributed by atoms with Crippen LogP contribution in [-0.2, 0) is 0 Å². The van der Waals surface area contributed by atoms with E-state index in [-0.39, 0.29) is 5.01 Å². The summed E-state index contributed by atoms with van der Waals surface area (Å²) in [6.45, 7) is 0. The molecule has 0 fully saturated rings. The number of aromatic nitrogens is 1. The molecule has 1 atom stereocenters. The average molecular weight is 209 g/mol. The highest BCUT2D eigenvalue weighted by Crippen LogP contribution is 2.20. The van der Waals surface area contributed by atoms with E-state index < -0.39 is 11.0 Å². The molecule has 1 aromatic carbocycles. The molecule has 0 amide bonds. The number of aliphatic hydroxyl groups is 1. The zero-order chi connectivity index (χ0) is 9.97. The molecule has 0 spiro atoms. The van der Waals surface area contributed by atoms with Gasteiger partial charge in [-0.15, -0.1) is 0 Å². The lowest BCUT2D eigenvalue weighted by Crippen LogP contribution is -1.97. The van der Waals surface area contributed by atoms with Crippen LogP contribution in [0.5, 0.6) is 0 Å². The first-order valence-corrected chi connectivity index (χ1v) is 4.79. The van der Waals surface area contributed by atoms with Crippen molar-refractivity contribution in [2.75, 3.05) is 0 Å². The molecule has 1 N–H and O–H groups in total. The Morgan fingerprint density at radius 1 is 1.36 bits per heavy atom. The van der Waals surface area contributed by atoms with Gasteiger partial charge in [0.25, 0.3) is 0 Å². The lowest BCUT2D eigenvalue weighted by molar-refractivity contribution is 0.210. The Balaban J connectivity index is 2.33. The van der Waals surface area contributed by atoms with Crippen LogP contribution in [0.4, 0.5) is 0 Å². The average Bonchev–Trinajstić information content (AvgIpc) is 2.65. The van der Waals surface area contributed by atoms with Crippen LogP contribution in [0.15, 0.2) is 39.6 Å². The molecule has 0 saturated heterocycles. The first-order chi connectivity index (χ1) is 6.77. The third kappa shape index (κ3) is 1.73. The normalized spacial score (nSPS) is 12.6. The minimum Gasteiger partial charge on any atom is -0.381 e. The Morgan fingerprint density at radius 3 is 2.64 bits per heavy atom. The Kier molecular flexibility index (Phi) is 2.43. The van der Waals surface area contributed by atoms with Crippen LogP contribution < -0.4 is 4.94 Å². The van der Waals surface area contributed by atoms with Crippen molar-refractivity contribution in [1.82, 2.24) is 5.16 Å². The summed E-state index contributed by atoms with van der Waals surface area (Å²) in [5.41, 5.74) is 0.692. The fourth-order valence-corrected chi connectivity index (χ4v) is 1.66. The molecule has 5 heteroatoms. The van der Waals surface area contributed by atoms with Gasteiger partial charge in [-0.1, -0.05) is 35.5 Å². The van der Waals surface area contributed by atoms with E-state index in [1.54, 1.807) is 24.3 Å². The van der Waals surface area contributed by atoms with Crippen molar-refractivity contribution in [1.29, 1.82) is 0 Å². The quantitative estimate of drug-likeness (QED) is 0.806. The molecule has 0 radical (unpaired) electrons. The molecule has 0 aliphatic carbocycles. The minimum atomic E-state index is -0.882. The molecule has 0 saturated carbocycles. The van der Waals surface area contributed by atoms with Crippen LogP contribution in [0.1, 0.15) is 16.7 Å². The number of nitrogens with zero attached hydrogens (tertiary/aromatic N) is 1. The Morgan fingerprint density at radius 2 is 2.07 bits per heavy atom. The maximum atomic E-state index is 10.7. The van der Waals surface area contributed by atoms with Crippen molar-refractivity contribution >= 4 is 11.3 Å². The van der Waals surface area contributed by atoms with Crippen LogP contribution in [0.25, 0.3) is 0 Å². The molecule has 72 valence electrons. The van der Waals surface area contributed by atoms with E-state index >= 15 is 0 Å². The third-order valence-corrected chi connectivity index (χ3v) is 2.50. The van der Waals surface area contributed by atoms with E-state index in [0.717, 1.165) is 11.3 Å². The van der Waals surface area contributed by atoms with Gasteiger partial charge in [0.1, 0.15) is 6.10 Å². The van der Waals surface area contributed by atoms with E-state index in [2.05, 4.69) is 9.68 Å². The van der Waals surface area contributed by atoms with Gasteiger partial charge in [0, 0.05) is 0 Å². The summed E-state index contributed by atoms with van der Waals surface area (Å²) >= 11 is 0.807. The van der Waals surface area contributed by atoms with E-state index in [0.29, 0.717) is 5.56 Å². The fourth-order valence-electron chi connectivity index (χ4n) is 1.09. The zero-order valence-corrected chi connectivity index (χ0v) is 7.90. The van der Waals surface area contributed by atoms with Gasteiger partial charge in [0.15, 0.2) is 5.01 Å². The van der Waals surface area contributed by atoms with Gasteiger partial charge in [-0.05, 0) is 16.9 Å². The highest BCUT2D eigenvalue weighted by Gasteiger charge is 2.15. The van der Waals surface area contributed by atoms with E-state index in [9.17, 15) is 9.90 Å².